The van der Waals surface area contributed by atoms with Crippen LogP contribution >= 0.6 is 0 Å². The van der Waals surface area contributed by atoms with Crippen LogP contribution in [0, 0.1) is 6.92 Å². The highest BCUT2D eigenvalue weighted by atomic mass is 16.4. The molecule has 0 atom stereocenters. The zero-order valence-electron chi connectivity index (χ0n) is 13.3. The van der Waals surface area contributed by atoms with Crippen molar-refractivity contribution in [1.29, 1.82) is 0 Å². The summed E-state index contributed by atoms with van der Waals surface area (Å²) >= 11 is 0. The Balaban J connectivity index is 1.78. The third-order valence-electron chi connectivity index (χ3n) is 3.59. The number of oxazole rings is 1. The molecule has 1 heterocycles. The Morgan fingerprint density at radius 3 is 2.21 bits per heavy atom. The summed E-state index contributed by atoms with van der Waals surface area (Å²) in [6, 6.07) is 17.8. The van der Waals surface area contributed by atoms with E-state index < -0.39 is 0 Å². The largest absolute Gasteiger partial charge is 0.441 e. The second-order valence-electron chi connectivity index (χ2n) is 5.32. The van der Waals surface area contributed by atoms with Gasteiger partial charge in [-0.1, -0.05) is 54.6 Å². The monoisotopic (exact) mass is 315 g/mol. The van der Waals surface area contributed by atoms with Gasteiger partial charge < -0.3 is 4.42 Å². The standard InChI is InChI=1S/C21H17NO2/c1-16-20(22-21(24-16)19-7-3-2-4-8-19)14-13-18-11-9-17(10-12-18)6-5-15-23/h2-15H,1H3. The van der Waals surface area contributed by atoms with Crippen molar-refractivity contribution in [2.45, 2.75) is 6.92 Å². The van der Waals surface area contributed by atoms with Crippen LogP contribution in [0.1, 0.15) is 22.6 Å². The second kappa shape index (κ2) is 7.38. The van der Waals surface area contributed by atoms with Crippen molar-refractivity contribution >= 4 is 24.5 Å². The maximum atomic E-state index is 10.3. The van der Waals surface area contributed by atoms with Gasteiger partial charge in [0.25, 0.3) is 0 Å². The first-order valence-corrected chi connectivity index (χ1v) is 7.69. The van der Waals surface area contributed by atoms with Crippen molar-refractivity contribution in [3.63, 3.8) is 0 Å². The highest BCUT2D eigenvalue weighted by Crippen LogP contribution is 2.22. The Labute approximate surface area is 141 Å². The molecule has 118 valence electrons. The van der Waals surface area contributed by atoms with Crippen molar-refractivity contribution in [1.82, 2.24) is 4.98 Å². The highest BCUT2D eigenvalue weighted by molar-refractivity contribution is 5.75. The minimum Gasteiger partial charge on any atom is -0.441 e. The predicted octanol–water partition coefficient (Wildman–Crippen LogP) is 5.03. The number of allylic oxidation sites excluding steroid dienone is 1. The molecule has 0 aliphatic rings. The SMILES string of the molecule is Cc1oc(-c2ccccc2)nc1C=Cc1ccc(C=CC=O)cc1. The Morgan fingerprint density at radius 1 is 0.875 bits per heavy atom. The number of carbonyl (C=O) groups excluding carboxylic acids is 1. The van der Waals surface area contributed by atoms with E-state index in [9.17, 15) is 4.79 Å². The lowest BCUT2D eigenvalue weighted by Crippen LogP contribution is -1.79. The van der Waals surface area contributed by atoms with Crippen LogP contribution in [-0.4, -0.2) is 11.3 Å². The molecule has 0 saturated heterocycles. The summed E-state index contributed by atoms with van der Waals surface area (Å²) in [4.78, 5) is 14.9. The average Bonchev–Trinajstić information content (AvgIpc) is 3.01. The molecule has 0 fully saturated rings. The predicted molar refractivity (Wildman–Crippen MR) is 97.1 cm³/mol. The molecule has 0 radical (unpaired) electrons. The summed E-state index contributed by atoms with van der Waals surface area (Å²) in [5.74, 6) is 1.41. The molecule has 3 rings (SSSR count). The quantitative estimate of drug-likeness (QED) is 0.490. The van der Waals surface area contributed by atoms with E-state index in [0.717, 1.165) is 34.4 Å². The zero-order chi connectivity index (χ0) is 16.8. The molecular weight excluding hydrogens is 298 g/mol. The second-order valence-corrected chi connectivity index (χ2v) is 5.32. The van der Waals surface area contributed by atoms with E-state index in [4.69, 9.17) is 4.42 Å². The number of hydrogen-bond acceptors (Lipinski definition) is 3. The normalized spacial score (nSPS) is 11.4. The van der Waals surface area contributed by atoms with Gasteiger partial charge in [0.1, 0.15) is 17.7 Å². The number of aryl methyl sites for hydroxylation is 1. The first-order chi connectivity index (χ1) is 11.8. The van der Waals surface area contributed by atoms with Crippen LogP contribution in [0.25, 0.3) is 29.7 Å². The minimum absolute atomic E-state index is 0.627. The summed E-state index contributed by atoms with van der Waals surface area (Å²) in [7, 11) is 0. The summed E-state index contributed by atoms with van der Waals surface area (Å²) in [5.41, 5.74) is 3.83. The molecule has 0 spiro atoms. The number of carbonyl (C=O) groups is 1. The van der Waals surface area contributed by atoms with E-state index in [-0.39, 0.29) is 0 Å². The van der Waals surface area contributed by atoms with E-state index in [2.05, 4.69) is 4.98 Å². The molecule has 24 heavy (non-hydrogen) atoms. The van der Waals surface area contributed by atoms with Gasteiger partial charge in [0.05, 0.1) is 0 Å². The van der Waals surface area contributed by atoms with Crippen LogP contribution in [0.15, 0.2) is 65.1 Å². The average molecular weight is 315 g/mol. The maximum Gasteiger partial charge on any atom is 0.226 e. The van der Waals surface area contributed by atoms with E-state index in [1.807, 2.05) is 73.7 Å². The van der Waals surface area contributed by atoms with Crippen LogP contribution in [0.3, 0.4) is 0 Å². The van der Waals surface area contributed by atoms with Crippen LogP contribution in [0.5, 0.6) is 0 Å². The molecule has 0 bridgehead atoms. The Bertz CT molecular complexity index is 872. The third kappa shape index (κ3) is 3.76. The molecule has 0 amide bonds. The fraction of sp³-hybridized carbons (Fsp3) is 0.0476. The number of nitrogens with zero attached hydrogens (tertiary/aromatic N) is 1. The van der Waals surface area contributed by atoms with Gasteiger partial charge in [-0.2, -0.15) is 0 Å². The van der Waals surface area contributed by atoms with Gasteiger partial charge >= 0.3 is 0 Å². The Kier molecular flexibility index (Phi) is 4.82. The topological polar surface area (TPSA) is 43.1 Å². The molecule has 0 aliphatic carbocycles. The number of benzene rings is 2. The molecule has 1 aromatic heterocycles. The molecule has 0 N–H and O–H groups in total. The van der Waals surface area contributed by atoms with E-state index >= 15 is 0 Å². The van der Waals surface area contributed by atoms with Gasteiger partial charge in [-0.05, 0) is 42.3 Å². The summed E-state index contributed by atoms with van der Waals surface area (Å²) in [6.45, 7) is 1.91. The van der Waals surface area contributed by atoms with Crippen molar-refractivity contribution in [3.05, 3.63) is 83.3 Å². The number of aldehydes is 1. The molecule has 3 aromatic rings. The first kappa shape index (κ1) is 15.7. The molecule has 0 unspecified atom stereocenters. The first-order valence-electron chi connectivity index (χ1n) is 7.69. The van der Waals surface area contributed by atoms with Crippen LogP contribution < -0.4 is 0 Å². The smallest absolute Gasteiger partial charge is 0.226 e. The number of rotatable bonds is 5. The third-order valence-corrected chi connectivity index (χ3v) is 3.59. The summed E-state index contributed by atoms with van der Waals surface area (Å²) in [5, 5.41) is 0. The summed E-state index contributed by atoms with van der Waals surface area (Å²) in [6.07, 6.45) is 7.96. The number of hydrogen-bond donors (Lipinski definition) is 0. The van der Waals surface area contributed by atoms with E-state index in [1.54, 1.807) is 6.08 Å². The minimum atomic E-state index is 0.627. The van der Waals surface area contributed by atoms with Gasteiger partial charge in [0.15, 0.2) is 0 Å². The van der Waals surface area contributed by atoms with Gasteiger partial charge in [-0.15, -0.1) is 0 Å². The zero-order valence-corrected chi connectivity index (χ0v) is 13.3. The molecule has 2 aromatic carbocycles. The lowest BCUT2D eigenvalue weighted by Gasteiger charge is -1.95. The molecule has 3 heteroatoms. The molecule has 0 saturated carbocycles. The van der Waals surface area contributed by atoms with E-state index in [0.29, 0.717) is 5.89 Å². The van der Waals surface area contributed by atoms with Crippen molar-refractivity contribution in [3.8, 4) is 11.5 Å². The van der Waals surface area contributed by atoms with Crippen LogP contribution in [-0.2, 0) is 4.79 Å². The Hall–Kier alpha value is -3.20. The van der Waals surface area contributed by atoms with Crippen molar-refractivity contribution in [2.75, 3.05) is 0 Å². The van der Waals surface area contributed by atoms with Crippen LogP contribution in [0.2, 0.25) is 0 Å². The maximum absolute atomic E-state index is 10.3. The van der Waals surface area contributed by atoms with Gasteiger partial charge in [0.2, 0.25) is 5.89 Å². The fourth-order valence-electron chi connectivity index (χ4n) is 2.31. The van der Waals surface area contributed by atoms with Gasteiger partial charge in [0, 0.05) is 5.56 Å². The summed E-state index contributed by atoms with van der Waals surface area (Å²) < 4.78 is 5.75. The molecule has 0 aliphatic heterocycles. The lowest BCUT2D eigenvalue weighted by molar-refractivity contribution is -0.104. The molecule has 3 nitrogen and oxygen atoms in total. The number of aromatic nitrogens is 1. The molecular formula is C21H17NO2. The Morgan fingerprint density at radius 2 is 1.54 bits per heavy atom. The lowest BCUT2D eigenvalue weighted by atomic mass is 10.1. The van der Waals surface area contributed by atoms with Gasteiger partial charge in [-0.25, -0.2) is 4.98 Å². The van der Waals surface area contributed by atoms with Crippen molar-refractivity contribution in [2.24, 2.45) is 0 Å². The highest BCUT2D eigenvalue weighted by Gasteiger charge is 2.08. The van der Waals surface area contributed by atoms with E-state index in [1.165, 1.54) is 6.08 Å². The van der Waals surface area contributed by atoms with Crippen molar-refractivity contribution < 1.29 is 9.21 Å². The fourth-order valence-corrected chi connectivity index (χ4v) is 2.31. The van der Waals surface area contributed by atoms with Crippen LogP contribution in [0.4, 0.5) is 0 Å². The van der Waals surface area contributed by atoms with Gasteiger partial charge in [-0.3, -0.25) is 4.79 Å².